The fourth-order valence-corrected chi connectivity index (χ4v) is 2.84. The summed E-state index contributed by atoms with van der Waals surface area (Å²) in [6.45, 7) is 5.99. The SMILES string of the molecule is Cc1ccc(/C=N/NC(=O)c2cccc(NC(=O)C3=CC(C)(C)CC=C3)c2)o1. The Morgan fingerprint density at radius 1 is 1.18 bits per heavy atom. The first-order chi connectivity index (χ1) is 13.3. The van der Waals surface area contributed by atoms with Crippen LogP contribution in [0.4, 0.5) is 5.69 Å². The Balaban J connectivity index is 1.64. The molecule has 0 bridgehead atoms. The third-order valence-corrected chi connectivity index (χ3v) is 4.25. The molecule has 0 atom stereocenters. The summed E-state index contributed by atoms with van der Waals surface area (Å²) in [7, 11) is 0. The van der Waals surface area contributed by atoms with Crippen molar-refractivity contribution < 1.29 is 14.0 Å². The van der Waals surface area contributed by atoms with Crippen LogP contribution < -0.4 is 10.7 Å². The molecule has 3 rings (SSSR count). The molecular weight excluding hydrogens is 354 g/mol. The van der Waals surface area contributed by atoms with Gasteiger partial charge in [0.2, 0.25) is 0 Å². The van der Waals surface area contributed by atoms with E-state index in [1.165, 1.54) is 6.21 Å². The van der Waals surface area contributed by atoms with Crippen LogP contribution in [0.1, 0.15) is 42.1 Å². The number of nitrogens with one attached hydrogen (secondary N) is 2. The minimum absolute atomic E-state index is 0.0479. The summed E-state index contributed by atoms with van der Waals surface area (Å²) in [5, 5.41) is 6.72. The molecule has 28 heavy (non-hydrogen) atoms. The second-order valence-corrected chi connectivity index (χ2v) is 7.38. The zero-order valence-corrected chi connectivity index (χ0v) is 16.2. The molecule has 0 spiro atoms. The normalized spacial score (nSPS) is 15.3. The molecule has 0 aliphatic heterocycles. The molecule has 0 fully saturated rings. The fourth-order valence-electron chi connectivity index (χ4n) is 2.84. The number of hydrogen-bond donors (Lipinski definition) is 2. The number of anilines is 1. The van der Waals surface area contributed by atoms with Crippen LogP contribution >= 0.6 is 0 Å². The van der Waals surface area contributed by atoms with Crippen LogP contribution in [0.3, 0.4) is 0 Å². The molecule has 1 aromatic carbocycles. The third kappa shape index (κ3) is 5.07. The minimum Gasteiger partial charge on any atom is -0.460 e. The second-order valence-electron chi connectivity index (χ2n) is 7.38. The maximum absolute atomic E-state index is 12.5. The predicted octanol–water partition coefficient (Wildman–Crippen LogP) is 4.20. The van der Waals surface area contributed by atoms with Crippen molar-refractivity contribution in [3.05, 3.63) is 77.3 Å². The second kappa shape index (κ2) is 8.08. The molecule has 0 radical (unpaired) electrons. The van der Waals surface area contributed by atoms with E-state index < -0.39 is 0 Å². The van der Waals surface area contributed by atoms with Gasteiger partial charge in [-0.1, -0.05) is 38.1 Å². The van der Waals surface area contributed by atoms with Gasteiger partial charge in [0.15, 0.2) is 0 Å². The number of hydrogen-bond acceptors (Lipinski definition) is 4. The summed E-state index contributed by atoms with van der Waals surface area (Å²) in [6, 6.07) is 10.3. The van der Waals surface area contributed by atoms with E-state index in [1.54, 1.807) is 30.3 Å². The Hall–Kier alpha value is -3.41. The van der Waals surface area contributed by atoms with Crippen LogP contribution in [-0.4, -0.2) is 18.0 Å². The van der Waals surface area contributed by atoms with Gasteiger partial charge in [-0.2, -0.15) is 5.10 Å². The number of hydrazone groups is 1. The fraction of sp³-hybridized carbons (Fsp3) is 0.227. The summed E-state index contributed by atoms with van der Waals surface area (Å²) < 4.78 is 5.35. The highest BCUT2D eigenvalue weighted by Gasteiger charge is 2.20. The van der Waals surface area contributed by atoms with E-state index in [1.807, 2.05) is 31.2 Å². The summed E-state index contributed by atoms with van der Waals surface area (Å²) in [4.78, 5) is 24.8. The highest BCUT2D eigenvalue weighted by Crippen LogP contribution is 2.29. The van der Waals surface area contributed by atoms with Gasteiger partial charge in [0.1, 0.15) is 11.5 Å². The maximum Gasteiger partial charge on any atom is 0.271 e. The van der Waals surface area contributed by atoms with Crippen molar-refractivity contribution in [1.29, 1.82) is 0 Å². The summed E-state index contributed by atoms with van der Waals surface area (Å²) >= 11 is 0. The smallest absolute Gasteiger partial charge is 0.271 e. The Bertz CT molecular complexity index is 980. The van der Waals surface area contributed by atoms with Gasteiger partial charge in [0.25, 0.3) is 11.8 Å². The maximum atomic E-state index is 12.5. The van der Waals surface area contributed by atoms with E-state index in [0.29, 0.717) is 22.6 Å². The van der Waals surface area contributed by atoms with Crippen LogP contribution in [0.15, 0.2) is 69.7 Å². The number of aryl methyl sites for hydroxylation is 1. The molecule has 0 unspecified atom stereocenters. The van der Waals surface area contributed by atoms with E-state index in [4.69, 9.17) is 4.42 Å². The lowest BCUT2D eigenvalue weighted by molar-refractivity contribution is -0.112. The third-order valence-electron chi connectivity index (χ3n) is 4.25. The van der Waals surface area contributed by atoms with Gasteiger partial charge in [-0.25, -0.2) is 5.43 Å². The van der Waals surface area contributed by atoms with Crippen molar-refractivity contribution in [2.24, 2.45) is 10.5 Å². The Kier molecular flexibility index (Phi) is 5.59. The molecule has 144 valence electrons. The number of furan rings is 1. The van der Waals surface area contributed by atoms with Crippen molar-refractivity contribution in [2.45, 2.75) is 27.2 Å². The monoisotopic (exact) mass is 377 g/mol. The Labute approximate surface area is 164 Å². The lowest BCUT2D eigenvalue weighted by Gasteiger charge is -2.23. The number of nitrogens with zero attached hydrogens (tertiary/aromatic N) is 1. The van der Waals surface area contributed by atoms with Crippen molar-refractivity contribution >= 4 is 23.7 Å². The number of benzene rings is 1. The van der Waals surface area contributed by atoms with Crippen molar-refractivity contribution in [3.8, 4) is 0 Å². The van der Waals surface area contributed by atoms with Gasteiger partial charge in [-0.15, -0.1) is 0 Å². The molecule has 2 amide bonds. The van der Waals surface area contributed by atoms with E-state index >= 15 is 0 Å². The lowest BCUT2D eigenvalue weighted by atomic mass is 9.83. The molecule has 2 N–H and O–H groups in total. The van der Waals surface area contributed by atoms with Crippen LogP contribution in [0.5, 0.6) is 0 Å². The molecule has 1 heterocycles. The van der Waals surface area contributed by atoms with Gasteiger partial charge in [0, 0.05) is 16.8 Å². The Morgan fingerprint density at radius 2 is 2.00 bits per heavy atom. The number of allylic oxidation sites excluding steroid dienone is 2. The van der Waals surface area contributed by atoms with Crippen molar-refractivity contribution in [3.63, 3.8) is 0 Å². The minimum atomic E-state index is -0.381. The van der Waals surface area contributed by atoms with E-state index in [0.717, 1.165) is 12.2 Å². The lowest BCUT2D eigenvalue weighted by Crippen LogP contribution is -2.20. The largest absolute Gasteiger partial charge is 0.460 e. The van der Waals surface area contributed by atoms with Gasteiger partial charge in [0.05, 0.1) is 6.21 Å². The van der Waals surface area contributed by atoms with E-state index in [9.17, 15) is 9.59 Å². The van der Waals surface area contributed by atoms with Gasteiger partial charge >= 0.3 is 0 Å². The summed E-state index contributed by atoms with van der Waals surface area (Å²) in [6.07, 6.45) is 8.11. The van der Waals surface area contributed by atoms with Crippen molar-refractivity contribution in [1.82, 2.24) is 5.43 Å². The number of rotatable bonds is 5. The zero-order chi connectivity index (χ0) is 20.1. The molecule has 1 aromatic heterocycles. The molecule has 6 nitrogen and oxygen atoms in total. The van der Waals surface area contributed by atoms with E-state index in [2.05, 4.69) is 29.7 Å². The number of amides is 2. The van der Waals surface area contributed by atoms with E-state index in [-0.39, 0.29) is 17.2 Å². The molecule has 0 saturated carbocycles. The highest BCUT2D eigenvalue weighted by molar-refractivity contribution is 6.06. The molecule has 2 aromatic rings. The first kappa shape index (κ1) is 19.4. The topological polar surface area (TPSA) is 83.7 Å². The van der Waals surface area contributed by atoms with Crippen LogP contribution in [-0.2, 0) is 4.79 Å². The molecule has 1 aliphatic carbocycles. The average Bonchev–Trinajstić information content (AvgIpc) is 3.06. The standard InChI is InChI=1S/C22H23N3O3/c1-15-9-10-19(28-15)14-23-25-21(27)16-6-4-8-18(12-16)24-20(26)17-7-5-11-22(2,3)13-17/h4-10,12-14H,11H2,1-3H3,(H,24,26)(H,25,27)/b23-14+. The summed E-state index contributed by atoms with van der Waals surface area (Å²) in [5.41, 5.74) is 3.94. The quantitative estimate of drug-likeness (QED) is 0.605. The highest BCUT2D eigenvalue weighted by atomic mass is 16.3. The molecular formula is C22H23N3O3. The van der Waals surface area contributed by atoms with Gasteiger partial charge in [-0.05, 0) is 49.1 Å². The zero-order valence-electron chi connectivity index (χ0n) is 16.2. The number of carbonyl (C=O) groups is 2. The van der Waals surface area contributed by atoms with Gasteiger partial charge in [-0.3, -0.25) is 9.59 Å². The van der Waals surface area contributed by atoms with Crippen LogP contribution in [0.25, 0.3) is 0 Å². The van der Waals surface area contributed by atoms with Gasteiger partial charge < -0.3 is 9.73 Å². The Morgan fingerprint density at radius 3 is 2.71 bits per heavy atom. The molecule has 1 aliphatic rings. The predicted molar refractivity (Wildman–Crippen MR) is 109 cm³/mol. The van der Waals surface area contributed by atoms with Crippen LogP contribution in [0.2, 0.25) is 0 Å². The summed E-state index contributed by atoms with van der Waals surface area (Å²) in [5.74, 6) is 0.736. The molecule has 6 heteroatoms. The first-order valence-electron chi connectivity index (χ1n) is 9.03. The first-order valence-corrected chi connectivity index (χ1v) is 9.03. The van der Waals surface area contributed by atoms with Crippen LogP contribution in [0, 0.1) is 12.3 Å². The number of carbonyl (C=O) groups excluding carboxylic acids is 2. The van der Waals surface area contributed by atoms with Crippen molar-refractivity contribution in [2.75, 3.05) is 5.32 Å². The average molecular weight is 377 g/mol. The molecule has 0 saturated heterocycles.